The number of hydrogen-bond donors (Lipinski definition) is 0. The minimum Gasteiger partial charge on any atom is -0.270 e. The minimum atomic E-state index is -0.325. The lowest BCUT2D eigenvalue weighted by atomic mass is 10.1. The molecule has 3 rings (SSSR count). The van der Waals surface area contributed by atoms with Crippen molar-refractivity contribution in [1.29, 1.82) is 0 Å². The molecule has 0 saturated heterocycles. The van der Waals surface area contributed by atoms with Crippen LogP contribution in [0.3, 0.4) is 0 Å². The molecule has 0 fully saturated rings. The van der Waals surface area contributed by atoms with Crippen molar-refractivity contribution in [2.45, 2.75) is 13.5 Å². The summed E-state index contributed by atoms with van der Waals surface area (Å²) in [6.07, 6.45) is 0. The first-order chi connectivity index (χ1) is 10.6. The Morgan fingerprint density at radius 1 is 1.09 bits per heavy atom. The number of nitrogens with zero attached hydrogens (tertiary/aromatic N) is 4. The summed E-state index contributed by atoms with van der Waals surface area (Å²) in [7, 11) is 0. The lowest BCUT2D eigenvalue weighted by molar-refractivity contribution is 0.0642. The van der Waals surface area contributed by atoms with Gasteiger partial charge in [-0.15, -0.1) is 0 Å². The van der Waals surface area contributed by atoms with Crippen LogP contribution in [0, 0.1) is 6.92 Å². The Balaban J connectivity index is 1.99. The molecular formula is C16H12N4O2. The summed E-state index contributed by atoms with van der Waals surface area (Å²) in [5, 5.41) is 3.62. The largest absolute Gasteiger partial charge is 0.270 e. The normalized spacial score (nSPS) is 13.0. The van der Waals surface area contributed by atoms with E-state index in [1.54, 1.807) is 30.3 Å². The van der Waals surface area contributed by atoms with Crippen LogP contribution in [-0.4, -0.2) is 16.7 Å². The number of fused-ring (bicyclic) bond motifs is 1. The van der Waals surface area contributed by atoms with Gasteiger partial charge in [0.05, 0.1) is 17.7 Å². The van der Waals surface area contributed by atoms with Crippen molar-refractivity contribution < 1.29 is 9.59 Å². The molecule has 1 heterocycles. The van der Waals surface area contributed by atoms with Gasteiger partial charge in [0.15, 0.2) is 0 Å². The fraction of sp³-hybridized carbons (Fsp3) is 0.125. The molecule has 1 aliphatic rings. The molecule has 0 aliphatic carbocycles. The zero-order chi connectivity index (χ0) is 15.7. The van der Waals surface area contributed by atoms with Crippen LogP contribution in [0.15, 0.2) is 47.6 Å². The van der Waals surface area contributed by atoms with Crippen LogP contribution in [-0.2, 0) is 6.54 Å². The van der Waals surface area contributed by atoms with E-state index in [9.17, 15) is 9.59 Å². The average Bonchev–Trinajstić information content (AvgIpc) is 2.76. The fourth-order valence-corrected chi connectivity index (χ4v) is 2.54. The molecule has 0 atom stereocenters. The maximum Gasteiger partial charge on any atom is 0.261 e. The maximum absolute atomic E-state index is 12.4. The predicted octanol–water partition coefficient (Wildman–Crippen LogP) is 3.73. The van der Waals surface area contributed by atoms with Crippen LogP contribution in [0.25, 0.3) is 10.4 Å². The summed E-state index contributed by atoms with van der Waals surface area (Å²) in [6.45, 7) is 1.98. The summed E-state index contributed by atoms with van der Waals surface area (Å²) in [4.78, 5) is 28.7. The quantitative estimate of drug-likeness (QED) is 0.373. The molecule has 2 aromatic rings. The average molecular weight is 292 g/mol. The van der Waals surface area contributed by atoms with Crippen molar-refractivity contribution in [3.8, 4) is 0 Å². The van der Waals surface area contributed by atoms with Crippen molar-refractivity contribution in [3.05, 3.63) is 75.2 Å². The van der Waals surface area contributed by atoms with E-state index in [2.05, 4.69) is 10.0 Å². The van der Waals surface area contributed by atoms with Crippen LogP contribution in [0.5, 0.6) is 0 Å². The van der Waals surface area contributed by atoms with Crippen molar-refractivity contribution in [2.24, 2.45) is 5.11 Å². The van der Waals surface area contributed by atoms with E-state index in [0.717, 1.165) is 5.56 Å². The molecule has 0 saturated carbocycles. The monoisotopic (exact) mass is 292 g/mol. The molecule has 0 N–H and O–H groups in total. The van der Waals surface area contributed by atoms with E-state index in [-0.39, 0.29) is 18.4 Å². The molecule has 22 heavy (non-hydrogen) atoms. The molecule has 0 aromatic heterocycles. The van der Waals surface area contributed by atoms with Crippen LogP contribution in [0.4, 0.5) is 5.69 Å². The lowest BCUT2D eigenvalue weighted by Crippen LogP contribution is -2.29. The SMILES string of the molecule is Cc1ccc(N=[N+]=[N-])c(CN2C(=O)c3ccccc3C2=O)c1. The Morgan fingerprint density at radius 3 is 2.32 bits per heavy atom. The predicted molar refractivity (Wildman–Crippen MR) is 80.6 cm³/mol. The molecule has 6 nitrogen and oxygen atoms in total. The number of aryl methyl sites for hydroxylation is 1. The molecule has 2 aromatic carbocycles. The Morgan fingerprint density at radius 2 is 1.73 bits per heavy atom. The van der Waals surface area contributed by atoms with Crippen LogP contribution >= 0.6 is 0 Å². The third kappa shape index (κ3) is 2.21. The first kappa shape index (κ1) is 13.9. The van der Waals surface area contributed by atoms with Crippen LogP contribution in [0.2, 0.25) is 0 Å². The molecule has 108 valence electrons. The van der Waals surface area contributed by atoms with E-state index in [1.807, 2.05) is 19.1 Å². The Kier molecular flexibility index (Phi) is 3.37. The smallest absolute Gasteiger partial charge is 0.261 e. The van der Waals surface area contributed by atoms with Gasteiger partial charge in [-0.1, -0.05) is 41.0 Å². The Hall–Kier alpha value is -3.11. The van der Waals surface area contributed by atoms with Gasteiger partial charge in [-0.2, -0.15) is 0 Å². The second-order valence-corrected chi connectivity index (χ2v) is 5.06. The van der Waals surface area contributed by atoms with Crippen LogP contribution < -0.4 is 0 Å². The molecule has 0 bridgehead atoms. The fourth-order valence-electron chi connectivity index (χ4n) is 2.54. The van der Waals surface area contributed by atoms with E-state index in [1.165, 1.54) is 4.90 Å². The number of carbonyl (C=O) groups is 2. The van der Waals surface area contributed by atoms with Crippen LogP contribution in [0.1, 0.15) is 31.8 Å². The van der Waals surface area contributed by atoms with Crippen molar-refractivity contribution in [3.63, 3.8) is 0 Å². The molecule has 0 unspecified atom stereocenters. The third-order valence-corrected chi connectivity index (χ3v) is 3.59. The molecule has 6 heteroatoms. The zero-order valence-electron chi connectivity index (χ0n) is 11.9. The first-order valence-corrected chi connectivity index (χ1v) is 6.71. The van der Waals surface area contributed by atoms with Crippen molar-refractivity contribution in [2.75, 3.05) is 0 Å². The standard InChI is InChI=1S/C16H12N4O2/c1-10-6-7-14(18-19-17)11(8-10)9-20-15(21)12-4-2-3-5-13(12)16(20)22/h2-8H,9H2,1H3. The summed E-state index contributed by atoms with van der Waals surface area (Å²) in [5.74, 6) is -0.650. The number of rotatable bonds is 3. The van der Waals surface area contributed by atoms with Gasteiger partial charge in [0.2, 0.25) is 0 Å². The van der Waals surface area contributed by atoms with Gasteiger partial charge >= 0.3 is 0 Å². The molecule has 1 aliphatic heterocycles. The van der Waals surface area contributed by atoms with E-state index >= 15 is 0 Å². The summed E-state index contributed by atoms with van der Waals surface area (Å²) in [6, 6.07) is 12.0. The summed E-state index contributed by atoms with van der Waals surface area (Å²) < 4.78 is 0. The highest BCUT2D eigenvalue weighted by atomic mass is 16.2. The first-order valence-electron chi connectivity index (χ1n) is 6.71. The van der Waals surface area contributed by atoms with E-state index < -0.39 is 0 Å². The van der Waals surface area contributed by atoms with E-state index in [0.29, 0.717) is 22.4 Å². The Labute approximate surface area is 126 Å². The second-order valence-electron chi connectivity index (χ2n) is 5.06. The summed E-state index contributed by atoms with van der Waals surface area (Å²) >= 11 is 0. The van der Waals surface area contributed by atoms with Crippen molar-refractivity contribution >= 4 is 17.5 Å². The highest BCUT2D eigenvalue weighted by Gasteiger charge is 2.35. The van der Waals surface area contributed by atoms with E-state index in [4.69, 9.17) is 5.53 Å². The van der Waals surface area contributed by atoms with Gasteiger partial charge in [0.25, 0.3) is 11.8 Å². The maximum atomic E-state index is 12.4. The van der Waals surface area contributed by atoms with Gasteiger partial charge in [0.1, 0.15) is 0 Å². The zero-order valence-corrected chi connectivity index (χ0v) is 11.9. The number of hydrogen-bond acceptors (Lipinski definition) is 3. The van der Waals surface area contributed by atoms with Gasteiger partial charge in [-0.25, -0.2) is 0 Å². The second kappa shape index (κ2) is 5.35. The highest BCUT2D eigenvalue weighted by molar-refractivity contribution is 6.21. The molecule has 2 amide bonds. The number of azide groups is 1. The van der Waals surface area contributed by atoms with Gasteiger partial charge < -0.3 is 0 Å². The topological polar surface area (TPSA) is 86.1 Å². The number of imide groups is 1. The number of amides is 2. The lowest BCUT2D eigenvalue weighted by Gasteiger charge is -2.15. The Bertz CT molecular complexity index is 803. The number of benzene rings is 2. The van der Waals surface area contributed by atoms with Gasteiger partial charge in [-0.05, 0) is 30.2 Å². The molecule has 0 radical (unpaired) electrons. The number of carbonyl (C=O) groups excluding carboxylic acids is 2. The van der Waals surface area contributed by atoms with Gasteiger partial charge in [0, 0.05) is 10.6 Å². The minimum absolute atomic E-state index is 0.0857. The highest BCUT2D eigenvalue weighted by Crippen LogP contribution is 2.28. The third-order valence-electron chi connectivity index (χ3n) is 3.59. The summed E-state index contributed by atoms with van der Waals surface area (Å²) in [5.41, 5.74) is 11.5. The van der Waals surface area contributed by atoms with Crippen molar-refractivity contribution in [1.82, 2.24) is 4.90 Å². The van der Waals surface area contributed by atoms with Gasteiger partial charge in [-0.3, -0.25) is 14.5 Å². The molecular weight excluding hydrogens is 280 g/mol. The molecule has 0 spiro atoms.